The van der Waals surface area contributed by atoms with Gasteiger partial charge in [-0.25, -0.2) is 4.79 Å². The monoisotopic (exact) mass is 294 g/mol. The summed E-state index contributed by atoms with van der Waals surface area (Å²) in [7, 11) is 0. The van der Waals surface area contributed by atoms with E-state index in [0.717, 1.165) is 11.3 Å². The van der Waals surface area contributed by atoms with Gasteiger partial charge in [0.15, 0.2) is 0 Å². The molecule has 0 aromatic rings. The molecule has 2 rings (SSSR count). The summed E-state index contributed by atoms with van der Waals surface area (Å²) in [6.07, 6.45) is -3.33. The maximum Gasteiger partial charge on any atom is 0.471 e. The molecule has 0 spiro atoms. The Balaban J connectivity index is 1.69. The van der Waals surface area contributed by atoms with Crippen molar-refractivity contribution >= 4 is 12.0 Å². The lowest BCUT2D eigenvalue weighted by Gasteiger charge is -2.33. The third-order valence-electron chi connectivity index (χ3n) is 3.70. The van der Waals surface area contributed by atoms with Crippen molar-refractivity contribution in [2.24, 2.45) is 5.92 Å². The molecule has 0 bridgehead atoms. The van der Waals surface area contributed by atoms with Gasteiger partial charge in [-0.2, -0.15) is 13.2 Å². The number of halogens is 3. The maximum atomic E-state index is 12.3. The predicted octanol–water partition coefficient (Wildman–Crippen LogP) is 1.63. The van der Waals surface area contributed by atoms with E-state index < -0.39 is 12.1 Å². The zero-order valence-electron chi connectivity index (χ0n) is 11.0. The van der Waals surface area contributed by atoms with E-state index in [1.807, 2.05) is 0 Å². The number of carbonyl (C=O) groups excluding carboxylic acids is 2. The first-order valence-electron chi connectivity index (χ1n) is 6.65. The van der Waals surface area contributed by atoms with Gasteiger partial charge in [-0.3, -0.25) is 4.79 Å². The number of ether oxygens (including phenoxy) is 1. The van der Waals surface area contributed by atoms with E-state index in [0.29, 0.717) is 25.9 Å². The predicted molar refractivity (Wildman–Crippen MR) is 62.9 cm³/mol. The third-order valence-corrected chi connectivity index (χ3v) is 3.70. The fraction of sp³-hybridized carbons (Fsp3) is 0.833. The summed E-state index contributed by atoms with van der Waals surface area (Å²) in [6, 6.07) is 0. The van der Waals surface area contributed by atoms with Gasteiger partial charge in [0.2, 0.25) is 0 Å². The number of amides is 2. The van der Waals surface area contributed by atoms with E-state index >= 15 is 0 Å². The zero-order chi connectivity index (χ0) is 14.8. The molecule has 2 aliphatic rings. The van der Waals surface area contributed by atoms with Crippen LogP contribution in [0.25, 0.3) is 0 Å². The fourth-order valence-electron chi connectivity index (χ4n) is 2.26. The maximum absolute atomic E-state index is 12.3. The Hall–Kier alpha value is -1.47. The largest absolute Gasteiger partial charge is 0.471 e. The Morgan fingerprint density at radius 2 is 1.65 bits per heavy atom. The Bertz CT molecular complexity index is 375. The van der Waals surface area contributed by atoms with E-state index in [-0.39, 0.29) is 31.7 Å². The van der Waals surface area contributed by atoms with Crippen molar-refractivity contribution in [2.45, 2.75) is 25.4 Å². The van der Waals surface area contributed by atoms with Crippen LogP contribution in [-0.4, -0.2) is 60.8 Å². The second kappa shape index (κ2) is 5.88. The van der Waals surface area contributed by atoms with Crippen LogP contribution in [0.15, 0.2) is 0 Å². The van der Waals surface area contributed by atoms with Gasteiger partial charge in [0.25, 0.3) is 0 Å². The zero-order valence-corrected chi connectivity index (χ0v) is 11.0. The number of nitrogens with zero attached hydrogens (tertiary/aromatic N) is 2. The Morgan fingerprint density at radius 3 is 2.10 bits per heavy atom. The van der Waals surface area contributed by atoms with Crippen molar-refractivity contribution < 1.29 is 27.5 Å². The number of hydrogen-bond acceptors (Lipinski definition) is 3. The Kier molecular flexibility index (Phi) is 4.39. The van der Waals surface area contributed by atoms with Gasteiger partial charge in [-0.05, 0) is 25.2 Å². The second-order valence-corrected chi connectivity index (χ2v) is 5.15. The molecule has 0 aliphatic carbocycles. The van der Waals surface area contributed by atoms with Crippen LogP contribution in [0.2, 0.25) is 0 Å². The molecule has 5 nitrogen and oxygen atoms in total. The molecule has 2 saturated heterocycles. The molecule has 0 aromatic carbocycles. The van der Waals surface area contributed by atoms with Gasteiger partial charge in [0, 0.05) is 26.2 Å². The van der Waals surface area contributed by atoms with Crippen LogP contribution in [-0.2, 0) is 9.53 Å². The lowest BCUT2D eigenvalue weighted by Crippen LogP contribution is -2.46. The van der Waals surface area contributed by atoms with E-state index in [2.05, 4.69) is 0 Å². The van der Waals surface area contributed by atoms with Crippen molar-refractivity contribution in [3.05, 3.63) is 0 Å². The van der Waals surface area contributed by atoms with Crippen LogP contribution in [0.5, 0.6) is 0 Å². The summed E-state index contributed by atoms with van der Waals surface area (Å²) in [4.78, 5) is 24.9. The number of hydrogen-bond donors (Lipinski definition) is 0. The van der Waals surface area contributed by atoms with Gasteiger partial charge in [0.1, 0.15) is 0 Å². The highest BCUT2D eigenvalue weighted by Gasteiger charge is 2.43. The Morgan fingerprint density at radius 1 is 1.05 bits per heavy atom. The Labute approximate surface area is 114 Å². The standard InChI is InChI=1S/C12H17F3N2O3/c13-12(14,15)10(18)16-6-2-9(3-7-16)8-20-11(19)17-4-1-5-17/h9H,1-8H2. The highest BCUT2D eigenvalue weighted by molar-refractivity contribution is 5.81. The van der Waals surface area contributed by atoms with E-state index in [1.54, 1.807) is 4.90 Å². The highest BCUT2D eigenvalue weighted by Crippen LogP contribution is 2.24. The number of rotatable bonds is 2. The lowest BCUT2D eigenvalue weighted by molar-refractivity contribution is -0.186. The third kappa shape index (κ3) is 3.55. The van der Waals surface area contributed by atoms with Crippen molar-refractivity contribution in [3.63, 3.8) is 0 Å². The van der Waals surface area contributed by atoms with Crippen molar-refractivity contribution in [1.82, 2.24) is 9.80 Å². The van der Waals surface area contributed by atoms with Crippen LogP contribution in [0.3, 0.4) is 0 Å². The molecular weight excluding hydrogens is 277 g/mol. The topological polar surface area (TPSA) is 49.9 Å². The van der Waals surface area contributed by atoms with E-state index in [4.69, 9.17) is 4.74 Å². The quantitative estimate of drug-likeness (QED) is 0.778. The van der Waals surface area contributed by atoms with Crippen LogP contribution in [0.4, 0.5) is 18.0 Å². The number of likely N-dealkylation sites (tertiary alicyclic amines) is 2. The number of piperidine rings is 1. The average Bonchev–Trinajstić information content (AvgIpc) is 2.33. The lowest BCUT2D eigenvalue weighted by atomic mass is 9.98. The van der Waals surface area contributed by atoms with E-state index in [9.17, 15) is 22.8 Å². The first kappa shape index (κ1) is 14.9. The molecule has 2 amide bonds. The van der Waals surface area contributed by atoms with Crippen molar-refractivity contribution in [3.8, 4) is 0 Å². The van der Waals surface area contributed by atoms with Crippen molar-refractivity contribution in [1.29, 1.82) is 0 Å². The molecule has 0 saturated carbocycles. The van der Waals surface area contributed by atoms with Crippen molar-refractivity contribution in [2.75, 3.05) is 32.8 Å². The molecule has 8 heteroatoms. The minimum absolute atomic E-state index is 0.0255. The van der Waals surface area contributed by atoms with Crippen LogP contribution in [0, 0.1) is 5.92 Å². The summed E-state index contributed by atoms with van der Waals surface area (Å²) >= 11 is 0. The van der Waals surface area contributed by atoms with Gasteiger partial charge in [0.05, 0.1) is 6.61 Å². The molecule has 2 heterocycles. The van der Waals surface area contributed by atoms with E-state index in [1.165, 1.54) is 0 Å². The average molecular weight is 294 g/mol. The first-order chi connectivity index (χ1) is 9.38. The minimum Gasteiger partial charge on any atom is -0.449 e. The fourth-order valence-corrected chi connectivity index (χ4v) is 2.26. The molecule has 2 aliphatic heterocycles. The molecule has 0 aromatic heterocycles. The molecule has 114 valence electrons. The highest BCUT2D eigenvalue weighted by atomic mass is 19.4. The molecule has 2 fully saturated rings. The minimum atomic E-state index is -4.81. The molecular formula is C12H17F3N2O3. The summed E-state index contributed by atoms with van der Waals surface area (Å²) in [5.41, 5.74) is 0. The number of alkyl halides is 3. The number of carbonyl (C=O) groups is 2. The van der Waals surface area contributed by atoms with Gasteiger partial charge >= 0.3 is 18.2 Å². The summed E-state index contributed by atoms with van der Waals surface area (Å²) in [5, 5.41) is 0. The van der Waals surface area contributed by atoms with Crippen LogP contribution < -0.4 is 0 Å². The van der Waals surface area contributed by atoms with Gasteiger partial charge in [-0.1, -0.05) is 0 Å². The van der Waals surface area contributed by atoms with Crippen LogP contribution >= 0.6 is 0 Å². The molecule has 20 heavy (non-hydrogen) atoms. The second-order valence-electron chi connectivity index (χ2n) is 5.15. The van der Waals surface area contributed by atoms with Gasteiger partial charge < -0.3 is 14.5 Å². The van der Waals surface area contributed by atoms with Gasteiger partial charge in [-0.15, -0.1) is 0 Å². The summed E-state index contributed by atoms with van der Waals surface area (Å²) < 4.78 is 41.9. The summed E-state index contributed by atoms with van der Waals surface area (Å²) in [6.45, 7) is 1.74. The molecule has 0 N–H and O–H groups in total. The SMILES string of the molecule is O=C(OCC1CCN(C(=O)C(F)(F)F)CC1)N1CCC1. The van der Waals surface area contributed by atoms with Crippen LogP contribution in [0.1, 0.15) is 19.3 Å². The summed E-state index contributed by atoms with van der Waals surface area (Å²) in [5.74, 6) is -1.76. The smallest absolute Gasteiger partial charge is 0.449 e. The first-order valence-corrected chi connectivity index (χ1v) is 6.65. The molecule has 0 unspecified atom stereocenters. The molecule has 0 atom stereocenters. The normalized spacial score (nSPS) is 20.6. The molecule has 0 radical (unpaired) electrons.